The van der Waals surface area contributed by atoms with Crippen molar-refractivity contribution in [2.45, 2.75) is 46.1 Å². The van der Waals surface area contributed by atoms with E-state index in [-0.39, 0.29) is 5.41 Å². The van der Waals surface area contributed by atoms with Crippen molar-refractivity contribution in [3.63, 3.8) is 0 Å². The summed E-state index contributed by atoms with van der Waals surface area (Å²) in [6.07, 6.45) is 5.47. The summed E-state index contributed by atoms with van der Waals surface area (Å²) in [6.45, 7) is 7.07. The number of nitrogens with two attached hydrogens (primary N) is 1. The highest BCUT2D eigenvalue weighted by Crippen LogP contribution is 2.63. The summed E-state index contributed by atoms with van der Waals surface area (Å²) >= 11 is 0. The molecule has 0 radical (unpaired) electrons. The molecule has 3 N–H and O–H groups in total. The molecule has 2 fully saturated rings. The highest BCUT2D eigenvalue weighted by Gasteiger charge is 2.59. The Hall–Kier alpha value is -1.76. The van der Waals surface area contributed by atoms with Crippen LogP contribution in [-0.2, 0) is 0 Å². The first-order valence-corrected chi connectivity index (χ1v) is 7.29. The van der Waals surface area contributed by atoms with Gasteiger partial charge >= 0.3 is 0 Å². The van der Waals surface area contributed by atoms with Crippen LogP contribution in [0.3, 0.4) is 0 Å². The van der Waals surface area contributed by atoms with Crippen molar-refractivity contribution in [3.05, 3.63) is 17.8 Å². The molecule has 2 saturated carbocycles. The number of aromatic nitrogens is 1. The predicted octanol–water partition coefficient (Wildman–Crippen LogP) is 3.16. The third kappa shape index (κ3) is 1.76. The smallest absolute Gasteiger partial charge is 0.149 e. The summed E-state index contributed by atoms with van der Waals surface area (Å²) in [5.41, 5.74) is 7.68. The van der Waals surface area contributed by atoms with Crippen molar-refractivity contribution < 1.29 is 0 Å². The number of rotatable bonds is 2. The highest BCUT2D eigenvalue weighted by atomic mass is 15.1. The van der Waals surface area contributed by atoms with E-state index < -0.39 is 0 Å². The van der Waals surface area contributed by atoms with Crippen molar-refractivity contribution >= 4 is 11.5 Å². The summed E-state index contributed by atoms with van der Waals surface area (Å²) in [5.74, 6) is 1.50. The maximum absolute atomic E-state index is 8.88. The van der Waals surface area contributed by atoms with Gasteiger partial charge in [-0.05, 0) is 42.1 Å². The first-order chi connectivity index (χ1) is 9.37. The monoisotopic (exact) mass is 270 g/mol. The number of hydrogen-bond donors (Lipinski definition) is 2. The second-order valence-corrected chi connectivity index (χ2v) is 7.27. The van der Waals surface area contributed by atoms with Gasteiger partial charge in [-0.25, -0.2) is 4.98 Å². The highest BCUT2D eigenvalue weighted by molar-refractivity contribution is 5.64. The van der Waals surface area contributed by atoms with Crippen LogP contribution in [0.1, 0.15) is 45.6 Å². The lowest BCUT2D eigenvalue weighted by Crippen LogP contribution is -2.46. The van der Waals surface area contributed by atoms with Gasteiger partial charge < -0.3 is 11.1 Å². The average Bonchev–Trinajstić information content (AvgIpc) is 2.87. The molecule has 0 saturated heterocycles. The lowest BCUT2D eigenvalue weighted by molar-refractivity contribution is 0.155. The minimum Gasteiger partial charge on any atom is -0.396 e. The Bertz CT molecular complexity index is 582. The average molecular weight is 270 g/mol. The minimum atomic E-state index is 0.259. The molecular formula is C16H22N4. The van der Waals surface area contributed by atoms with E-state index >= 15 is 0 Å². The van der Waals surface area contributed by atoms with Gasteiger partial charge in [0.1, 0.15) is 11.9 Å². The molecule has 4 heteroatoms. The molecule has 2 aliphatic carbocycles. The lowest BCUT2D eigenvalue weighted by atomic mass is 9.68. The first-order valence-electron chi connectivity index (χ1n) is 7.29. The number of pyridine rings is 1. The quantitative estimate of drug-likeness (QED) is 0.865. The molecule has 1 aromatic rings. The first kappa shape index (κ1) is 13.2. The summed E-state index contributed by atoms with van der Waals surface area (Å²) in [6, 6.07) is 4.15. The topological polar surface area (TPSA) is 74.7 Å². The molecule has 3 unspecified atom stereocenters. The zero-order valence-corrected chi connectivity index (χ0v) is 12.4. The fraction of sp³-hybridized carbons (Fsp3) is 0.625. The molecule has 0 aliphatic heterocycles. The van der Waals surface area contributed by atoms with Crippen LogP contribution in [0.25, 0.3) is 0 Å². The summed E-state index contributed by atoms with van der Waals surface area (Å²) in [4.78, 5) is 4.33. The van der Waals surface area contributed by atoms with Crippen LogP contribution >= 0.6 is 0 Å². The van der Waals surface area contributed by atoms with Gasteiger partial charge in [0, 0.05) is 12.2 Å². The SMILES string of the molecule is CC12CCC(C1)C(C)(C)C2Nc1ncc(C#N)cc1N. The van der Waals surface area contributed by atoms with Crippen LogP contribution in [0.5, 0.6) is 0 Å². The molecule has 0 aromatic carbocycles. The van der Waals surface area contributed by atoms with Gasteiger partial charge in [-0.1, -0.05) is 20.8 Å². The van der Waals surface area contributed by atoms with E-state index in [9.17, 15) is 0 Å². The molecule has 106 valence electrons. The van der Waals surface area contributed by atoms with Crippen LogP contribution in [0.4, 0.5) is 11.5 Å². The normalized spacial score (nSPS) is 33.9. The molecule has 0 spiro atoms. The van der Waals surface area contributed by atoms with Gasteiger partial charge in [0.15, 0.2) is 0 Å². The maximum atomic E-state index is 8.88. The van der Waals surface area contributed by atoms with E-state index in [1.54, 1.807) is 12.3 Å². The zero-order chi connectivity index (χ0) is 14.5. The Morgan fingerprint density at radius 2 is 2.20 bits per heavy atom. The molecule has 3 atom stereocenters. The Morgan fingerprint density at radius 3 is 2.75 bits per heavy atom. The molecule has 1 heterocycles. The lowest BCUT2D eigenvalue weighted by Gasteiger charge is -2.43. The molecule has 2 bridgehead atoms. The summed E-state index contributed by atoms with van der Waals surface area (Å²) in [7, 11) is 0. The number of nitriles is 1. The van der Waals surface area contributed by atoms with Gasteiger partial charge in [-0.2, -0.15) is 5.26 Å². The van der Waals surface area contributed by atoms with E-state index in [0.29, 0.717) is 22.7 Å². The van der Waals surface area contributed by atoms with E-state index in [1.807, 2.05) is 0 Å². The maximum Gasteiger partial charge on any atom is 0.149 e. The molecule has 2 aliphatic rings. The fourth-order valence-electron chi connectivity index (χ4n) is 4.46. The third-order valence-electron chi connectivity index (χ3n) is 5.60. The molecule has 4 nitrogen and oxygen atoms in total. The number of nitrogens with one attached hydrogen (secondary N) is 1. The summed E-state index contributed by atoms with van der Waals surface area (Å²) < 4.78 is 0. The van der Waals surface area contributed by atoms with Crippen LogP contribution in [0.15, 0.2) is 12.3 Å². The van der Waals surface area contributed by atoms with E-state index in [2.05, 4.69) is 37.1 Å². The van der Waals surface area contributed by atoms with Crippen molar-refractivity contribution in [2.75, 3.05) is 11.1 Å². The molecule has 0 amide bonds. The van der Waals surface area contributed by atoms with Gasteiger partial charge in [0.05, 0.1) is 11.3 Å². The van der Waals surface area contributed by atoms with Gasteiger partial charge in [0.25, 0.3) is 0 Å². The summed E-state index contributed by atoms with van der Waals surface area (Å²) in [5, 5.41) is 12.5. The van der Waals surface area contributed by atoms with Crippen LogP contribution in [0.2, 0.25) is 0 Å². The number of anilines is 2. The molecule has 1 aromatic heterocycles. The minimum absolute atomic E-state index is 0.259. The largest absolute Gasteiger partial charge is 0.396 e. The van der Waals surface area contributed by atoms with Crippen molar-refractivity contribution in [3.8, 4) is 6.07 Å². The van der Waals surface area contributed by atoms with E-state index in [1.165, 1.54) is 19.3 Å². The van der Waals surface area contributed by atoms with Crippen molar-refractivity contribution in [1.29, 1.82) is 5.26 Å². The van der Waals surface area contributed by atoms with Crippen LogP contribution < -0.4 is 11.1 Å². The van der Waals surface area contributed by atoms with Crippen LogP contribution in [-0.4, -0.2) is 11.0 Å². The molecular weight excluding hydrogens is 248 g/mol. The Kier molecular flexibility index (Phi) is 2.72. The fourth-order valence-corrected chi connectivity index (χ4v) is 4.46. The number of nitrogen functional groups attached to an aromatic ring is 1. The predicted molar refractivity (Wildman–Crippen MR) is 80.0 cm³/mol. The van der Waals surface area contributed by atoms with Crippen LogP contribution in [0, 0.1) is 28.1 Å². The Labute approximate surface area is 120 Å². The standard InChI is InChI=1S/C16H22N4/c1-15(2)11-4-5-16(3,7-11)14(15)20-13-12(18)6-10(8-17)9-19-13/h6,9,11,14H,4-5,7,18H2,1-3H3,(H,19,20). The molecule has 20 heavy (non-hydrogen) atoms. The number of nitrogens with zero attached hydrogens (tertiary/aromatic N) is 2. The van der Waals surface area contributed by atoms with Gasteiger partial charge in [0.2, 0.25) is 0 Å². The number of fused-ring (bicyclic) bond motifs is 2. The third-order valence-corrected chi connectivity index (χ3v) is 5.60. The Morgan fingerprint density at radius 1 is 1.45 bits per heavy atom. The Balaban J connectivity index is 1.90. The van der Waals surface area contributed by atoms with E-state index in [4.69, 9.17) is 11.0 Å². The molecule has 3 rings (SSSR count). The van der Waals surface area contributed by atoms with Crippen molar-refractivity contribution in [1.82, 2.24) is 4.98 Å². The number of hydrogen-bond acceptors (Lipinski definition) is 4. The van der Waals surface area contributed by atoms with Gasteiger partial charge in [-0.3, -0.25) is 0 Å². The van der Waals surface area contributed by atoms with Gasteiger partial charge in [-0.15, -0.1) is 0 Å². The second kappa shape index (κ2) is 4.12. The van der Waals surface area contributed by atoms with Crippen molar-refractivity contribution in [2.24, 2.45) is 16.7 Å². The van der Waals surface area contributed by atoms with E-state index in [0.717, 1.165) is 11.7 Å². The zero-order valence-electron chi connectivity index (χ0n) is 12.4. The second-order valence-electron chi connectivity index (χ2n) is 7.27.